The number of carbonyl (C=O) groups is 1. The van der Waals surface area contributed by atoms with Crippen LogP contribution in [-0.4, -0.2) is 36.4 Å². The molecule has 1 amide bonds. The Labute approximate surface area is 190 Å². The molecular weight excluding hydrogens is 482 g/mol. The molecule has 1 aliphatic rings. The van der Waals surface area contributed by atoms with Crippen molar-refractivity contribution in [2.24, 2.45) is 4.40 Å². The lowest BCUT2D eigenvalue weighted by Crippen LogP contribution is -2.35. The van der Waals surface area contributed by atoms with Crippen molar-refractivity contribution >= 4 is 50.5 Å². The number of carbonyl (C=O) groups excluding carboxylic acids is 1. The zero-order chi connectivity index (χ0) is 23.0. The van der Waals surface area contributed by atoms with Crippen molar-refractivity contribution in [2.45, 2.75) is 0 Å². The summed E-state index contributed by atoms with van der Waals surface area (Å²) in [5, 5.41) is 2.30. The maximum absolute atomic E-state index is 13.4. The Morgan fingerprint density at radius 2 is 1.88 bits per heavy atom. The van der Waals surface area contributed by atoms with E-state index >= 15 is 0 Å². The van der Waals surface area contributed by atoms with E-state index in [2.05, 4.69) is 14.7 Å². The van der Waals surface area contributed by atoms with Gasteiger partial charge in [-0.2, -0.15) is 8.42 Å². The van der Waals surface area contributed by atoms with Gasteiger partial charge in [0.1, 0.15) is 17.3 Å². The minimum atomic E-state index is -4.17. The number of anilines is 1. The monoisotopic (exact) mass is 494 g/mol. The molecule has 0 unspecified atom stereocenters. The zero-order valence-corrected chi connectivity index (χ0v) is 18.6. The zero-order valence-electron chi connectivity index (χ0n) is 16.2. The van der Waals surface area contributed by atoms with Gasteiger partial charge in [0.25, 0.3) is 5.91 Å². The number of halogens is 3. The highest BCUT2D eigenvalue weighted by molar-refractivity contribution is 7.88. The van der Waals surface area contributed by atoms with Crippen LogP contribution >= 0.6 is 22.9 Å². The summed E-state index contributed by atoms with van der Waals surface area (Å²) in [7, 11) is -2.98. The molecule has 0 atom stereocenters. The molecule has 12 heteroatoms. The van der Waals surface area contributed by atoms with Gasteiger partial charge in [0.05, 0.1) is 32.4 Å². The Bertz CT molecular complexity index is 1390. The molecule has 7 nitrogen and oxygen atoms in total. The molecule has 4 rings (SSSR count). The Hall–Kier alpha value is -3.15. The molecule has 1 N–H and O–H groups in total. The molecule has 0 spiro atoms. The minimum Gasteiger partial charge on any atom is -0.321 e. The number of amides is 1. The molecule has 2 aromatic heterocycles. The fourth-order valence-electron chi connectivity index (χ4n) is 2.79. The summed E-state index contributed by atoms with van der Waals surface area (Å²) in [6.07, 6.45) is 2.41. The van der Waals surface area contributed by atoms with E-state index in [4.69, 9.17) is 11.6 Å². The number of hydrogen-bond donors (Lipinski definition) is 1. The number of aromatic nitrogens is 1. The number of pyridine rings is 1. The van der Waals surface area contributed by atoms with Gasteiger partial charge in [-0.05, 0) is 48.5 Å². The van der Waals surface area contributed by atoms with E-state index in [1.165, 1.54) is 48.7 Å². The van der Waals surface area contributed by atoms with Crippen molar-refractivity contribution < 1.29 is 22.0 Å². The summed E-state index contributed by atoms with van der Waals surface area (Å²) in [5.41, 5.74) is 0.571. The average molecular weight is 495 g/mol. The highest BCUT2D eigenvalue weighted by Gasteiger charge is 2.30. The minimum absolute atomic E-state index is 0.0590. The smallest absolute Gasteiger partial charge is 0.321 e. The first-order valence-electron chi connectivity index (χ1n) is 8.93. The lowest BCUT2D eigenvalue weighted by atomic mass is 10.2. The second-order valence-corrected chi connectivity index (χ2v) is 9.68. The summed E-state index contributed by atoms with van der Waals surface area (Å²) in [6, 6.07) is 9.69. The van der Waals surface area contributed by atoms with E-state index in [9.17, 15) is 22.0 Å². The van der Waals surface area contributed by atoms with Crippen molar-refractivity contribution in [1.29, 1.82) is 0 Å². The van der Waals surface area contributed by atoms with Gasteiger partial charge < -0.3 is 5.32 Å². The van der Waals surface area contributed by atoms with E-state index in [1.54, 1.807) is 12.1 Å². The summed E-state index contributed by atoms with van der Waals surface area (Å²) in [6.45, 7) is 0. The maximum Gasteiger partial charge on any atom is 0.345 e. The molecule has 1 aromatic carbocycles. The molecular formula is C20H13ClF2N4O3S2. The lowest BCUT2D eigenvalue weighted by Gasteiger charge is -2.23. The van der Waals surface area contributed by atoms with Gasteiger partial charge in [0.2, 0.25) is 0 Å². The van der Waals surface area contributed by atoms with E-state index in [-0.39, 0.29) is 22.1 Å². The summed E-state index contributed by atoms with van der Waals surface area (Å²) in [4.78, 5) is 17.9. The third-order valence-electron chi connectivity index (χ3n) is 4.42. The number of nitrogens with zero attached hydrogens (tertiary/aromatic N) is 3. The second kappa shape index (κ2) is 8.41. The Morgan fingerprint density at radius 1 is 1.12 bits per heavy atom. The van der Waals surface area contributed by atoms with Crippen LogP contribution in [0.2, 0.25) is 5.02 Å². The van der Waals surface area contributed by atoms with E-state index < -0.39 is 27.8 Å². The third kappa shape index (κ3) is 4.40. The third-order valence-corrected chi connectivity index (χ3v) is 7.16. The Morgan fingerprint density at radius 3 is 2.56 bits per heavy atom. The summed E-state index contributed by atoms with van der Waals surface area (Å²) in [5.74, 6) is -1.87. The number of benzene rings is 1. The Balaban J connectivity index is 1.66. The molecule has 0 radical (unpaired) electrons. The highest BCUT2D eigenvalue weighted by atomic mass is 35.5. The molecule has 0 aliphatic carbocycles. The molecule has 0 bridgehead atoms. The van der Waals surface area contributed by atoms with Gasteiger partial charge in [-0.3, -0.25) is 9.78 Å². The van der Waals surface area contributed by atoms with Crippen LogP contribution in [0.3, 0.4) is 0 Å². The first-order chi connectivity index (χ1) is 15.1. The summed E-state index contributed by atoms with van der Waals surface area (Å²) < 4.78 is 56.1. The fourth-order valence-corrected chi connectivity index (χ4v) is 4.87. The molecule has 3 aromatic rings. The largest absolute Gasteiger partial charge is 0.345 e. The molecule has 32 heavy (non-hydrogen) atoms. The number of thiophene rings is 1. The van der Waals surface area contributed by atoms with Crippen LogP contribution in [0.15, 0.2) is 64.8 Å². The van der Waals surface area contributed by atoms with E-state index in [0.29, 0.717) is 15.4 Å². The molecule has 3 heterocycles. The maximum atomic E-state index is 13.4. The number of likely N-dealkylation sites (N-methyl/N-ethyl adjacent to an activating group) is 1. The van der Waals surface area contributed by atoms with Gasteiger partial charge in [0.15, 0.2) is 0 Å². The van der Waals surface area contributed by atoms with Crippen LogP contribution in [0, 0.1) is 11.6 Å². The molecule has 0 fully saturated rings. The molecule has 164 valence electrons. The predicted molar refractivity (Wildman–Crippen MR) is 119 cm³/mol. The van der Waals surface area contributed by atoms with Gasteiger partial charge in [-0.25, -0.2) is 13.1 Å². The predicted octanol–water partition coefficient (Wildman–Crippen LogP) is 4.24. The second-order valence-electron chi connectivity index (χ2n) is 6.56. The van der Waals surface area contributed by atoms with Gasteiger partial charge >= 0.3 is 10.2 Å². The molecule has 0 saturated heterocycles. The first kappa shape index (κ1) is 22.1. The quantitative estimate of drug-likeness (QED) is 0.587. The van der Waals surface area contributed by atoms with Crippen LogP contribution in [0.4, 0.5) is 14.5 Å². The molecule has 1 aliphatic heterocycles. The van der Waals surface area contributed by atoms with Crippen molar-refractivity contribution in [2.75, 3.05) is 12.4 Å². The summed E-state index contributed by atoms with van der Waals surface area (Å²) >= 11 is 6.92. The SMILES string of the molecule is CN1C(C(=O)Nc2ccc(F)c(Cl)c2)=CC(c2ccc(-c3ccc(F)cn3)s2)=NS1(=O)=O. The van der Waals surface area contributed by atoms with Crippen LogP contribution in [0.25, 0.3) is 10.6 Å². The van der Waals surface area contributed by atoms with Crippen LogP contribution in [0.5, 0.6) is 0 Å². The van der Waals surface area contributed by atoms with Crippen molar-refractivity contribution in [3.63, 3.8) is 0 Å². The van der Waals surface area contributed by atoms with Crippen molar-refractivity contribution in [3.05, 3.63) is 82.0 Å². The number of hydrogen-bond acceptors (Lipinski definition) is 5. The van der Waals surface area contributed by atoms with Crippen LogP contribution in [0.1, 0.15) is 4.88 Å². The van der Waals surface area contributed by atoms with Crippen LogP contribution < -0.4 is 5.32 Å². The van der Waals surface area contributed by atoms with Crippen molar-refractivity contribution in [1.82, 2.24) is 9.29 Å². The highest BCUT2D eigenvalue weighted by Crippen LogP contribution is 2.30. The first-order valence-corrected chi connectivity index (χ1v) is 11.5. The van der Waals surface area contributed by atoms with Gasteiger partial charge in [-0.15, -0.1) is 15.7 Å². The van der Waals surface area contributed by atoms with Crippen LogP contribution in [-0.2, 0) is 15.0 Å². The van der Waals surface area contributed by atoms with Crippen molar-refractivity contribution in [3.8, 4) is 10.6 Å². The average Bonchev–Trinajstić information content (AvgIpc) is 3.23. The number of nitrogens with one attached hydrogen (secondary N) is 1. The van der Waals surface area contributed by atoms with Gasteiger partial charge in [-0.1, -0.05) is 11.6 Å². The molecule has 0 saturated carbocycles. The number of allylic oxidation sites excluding steroid dienone is 1. The number of rotatable bonds is 4. The topological polar surface area (TPSA) is 91.7 Å². The standard InChI is InChI=1S/C20H13ClF2N4O3S2/c1-27-17(20(28)25-12-3-4-14(23)13(21)8-12)9-16(26-32(27,29)30)19-7-6-18(31-19)15-5-2-11(22)10-24-15/h2-10H,1H3,(H,25,28). The fraction of sp³-hybridized carbons (Fsp3) is 0.0500. The van der Waals surface area contributed by atoms with E-state index in [0.717, 1.165) is 16.6 Å². The normalized spacial score (nSPS) is 15.2. The van der Waals surface area contributed by atoms with Gasteiger partial charge in [0, 0.05) is 12.7 Å². The lowest BCUT2D eigenvalue weighted by molar-refractivity contribution is -0.113. The Kier molecular flexibility index (Phi) is 5.80. The van der Waals surface area contributed by atoms with E-state index in [1.807, 2.05) is 0 Å².